The summed E-state index contributed by atoms with van der Waals surface area (Å²) in [6.07, 6.45) is 1.03. The van der Waals surface area contributed by atoms with Gasteiger partial charge in [0.1, 0.15) is 9.96 Å². The van der Waals surface area contributed by atoms with Gasteiger partial charge in [0.25, 0.3) is 10.0 Å². The van der Waals surface area contributed by atoms with Gasteiger partial charge >= 0.3 is 0 Å². The van der Waals surface area contributed by atoms with Crippen LogP contribution in [0.3, 0.4) is 0 Å². The smallest absolute Gasteiger partial charge is 0.252 e. The number of carbonyl (C=O) groups is 1. The van der Waals surface area contributed by atoms with E-state index < -0.39 is 10.0 Å². The molecule has 2 aromatic rings. The zero-order valence-electron chi connectivity index (χ0n) is 15.8. The van der Waals surface area contributed by atoms with E-state index in [1.54, 1.807) is 54.8 Å². The summed E-state index contributed by atoms with van der Waals surface area (Å²) in [4.78, 5) is 14.5. The van der Waals surface area contributed by atoms with E-state index in [0.29, 0.717) is 47.5 Å². The molecule has 0 atom stereocenters. The average Bonchev–Trinajstić information content (AvgIpc) is 3.23. The van der Waals surface area contributed by atoms with Crippen molar-refractivity contribution < 1.29 is 17.9 Å². The highest BCUT2D eigenvalue weighted by Crippen LogP contribution is 2.28. The number of thiophene rings is 1. The molecule has 3 rings (SSSR count). The summed E-state index contributed by atoms with van der Waals surface area (Å²) in [5, 5.41) is 2.34. The van der Waals surface area contributed by atoms with E-state index in [1.165, 1.54) is 15.6 Å². The Balaban J connectivity index is 1.61. The molecular weight excluding hydrogens is 420 g/mol. The van der Waals surface area contributed by atoms with Gasteiger partial charge < -0.3 is 9.64 Å². The van der Waals surface area contributed by atoms with Crippen LogP contribution in [0, 0.1) is 5.92 Å². The molecule has 152 valence electrons. The molecule has 1 aromatic heterocycles. The van der Waals surface area contributed by atoms with E-state index in [4.69, 9.17) is 16.3 Å². The number of methoxy groups -OCH3 is 1. The predicted octanol–water partition coefficient (Wildman–Crippen LogP) is 3.47. The summed E-state index contributed by atoms with van der Waals surface area (Å²) in [5.41, 5.74) is 0.837. The zero-order chi connectivity index (χ0) is 20.3. The number of hydrogen-bond donors (Lipinski definition) is 0. The zero-order valence-corrected chi connectivity index (χ0v) is 18.2. The van der Waals surface area contributed by atoms with Crippen molar-refractivity contribution in [2.75, 3.05) is 27.2 Å². The number of sulfonamides is 1. The molecule has 0 aliphatic carbocycles. The quantitative estimate of drug-likeness (QED) is 0.687. The molecule has 0 unspecified atom stereocenters. The molecule has 28 heavy (non-hydrogen) atoms. The van der Waals surface area contributed by atoms with Crippen molar-refractivity contribution in [1.82, 2.24) is 9.21 Å². The molecule has 1 amide bonds. The third-order valence-corrected chi connectivity index (χ3v) is 8.43. The second kappa shape index (κ2) is 8.82. The standard InChI is InChI=1S/C19H23ClN2O4S2/c1-21(13-15-12-16(20)5-6-17(15)26-2)19(23)14-7-9-22(10-8-14)28(24,25)18-4-3-11-27-18/h3-6,11-12,14H,7-10,13H2,1-2H3. The van der Waals surface area contributed by atoms with Crippen molar-refractivity contribution >= 4 is 38.9 Å². The van der Waals surface area contributed by atoms with Crippen molar-refractivity contribution in [3.63, 3.8) is 0 Å². The van der Waals surface area contributed by atoms with E-state index in [-0.39, 0.29) is 11.8 Å². The number of nitrogens with zero attached hydrogens (tertiary/aromatic N) is 2. The number of hydrogen-bond acceptors (Lipinski definition) is 5. The van der Waals surface area contributed by atoms with Crippen LogP contribution in [-0.2, 0) is 21.4 Å². The summed E-state index contributed by atoms with van der Waals surface area (Å²) >= 11 is 7.28. The van der Waals surface area contributed by atoms with Gasteiger partial charge in [0, 0.05) is 43.2 Å². The van der Waals surface area contributed by atoms with Crippen LogP contribution >= 0.6 is 22.9 Å². The Hall–Kier alpha value is -1.61. The Morgan fingerprint density at radius 1 is 1.32 bits per heavy atom. The molecule has 1 saturated heterocycles. The second-order valence-corrected chi connectivity index (χ2v) is 10.3. The molecule has 1 aliphatic heterocycles. The molecule has 0 radical (unpaired) electrons. The van der Waals surface area contributed by atoms with E-state index in [2.05, 4.69) is 0 Å². The Labute approximate surface area is 174 Å². The van der Waals surface area contributed by atoms with E-state index >= 15 is 0 Å². The van der Waals surface area contributed by atoms with Crippen LogP contribution < -0.4 is 4.74 Å². The van der Waals surface area contributed by atoms with Crippen LogP contribution in [0.5, 0.6) is 5.75 Å². The largest absolute Gasteiger partial charge is 0.496 e. The summed E-state index contributed by atoms with van der Waals surface area (Å²) in [7, 11) is -0.126. The molecular formula is C19H23ClN2O4S2. The van der Waals surface area contributed by atoms with Crippen molar-refractivity contribution in [3.8, 4) is 5.75 Å². The topological polar surface area (TPSA) is 66.9 Å². The van der Waals surface area contributed by atoms with Crippen molar-refractivity contribution in [3.05, 3.63) is 46.3 Å². The van der Waals surface area contributed by atoms with Crippen LogP contribution in [0.2, 0.25) is 5.02 Å². The number of amides is 1. The molecule has 2 heterocycles. The monoisotopic (exact) mass is 442 g/mol. The average molecular weight is 443 g/mol. The Bertz CT molecular complexity index is 923. The van der Waals surface area contributed by atoms with E-state index in [1.807, 2.05) is 0 Å². The molecule has 1 aliphatic rings. The minimum Gasteiger partial charge on any atom is -0.496 e. The summed E-state index contributed by atoms with van der Waals surface area (Å²) < 4.78 is 32.4. The van der Waals surface area contributed by atoms with Gasteiger partial charge in [-0.1, -0.05) is 17.7 Å². The fourth-order valence-electron chi connectivity index (χ4n) is 3.40. The number of ether oxygens (including phenoxy) is 1. The first-order valence-electron chi connectivity index (χ1n) is 8.94. The predicted molar refractivity (Wildman–Crippen MR) is 110 cm³/mol. The first-order chi connectivity index (χ1) is 13.3. The second-order valence-electron chi connectivity index (χ2n) is 6.76. The lowest BCUT2D eigenvalue weighted by Crippen LogP contribution is -2.43. The summed E-state index contributed by atoms with van der Waals surface area (Å²) in [6.45, 7) is 1.09. The molecule has 0 N–H and O–H groups in total. The normalized spacial score (nSPS) is 16.1. The number of carbonyl (C=O) groups excluding carboxylic acids is 1. The van der Waals surface area contributed by atoms with Gasteiger partial charge in [0.2, 0.25) is 5.91 Å². The number of piperidine rings is 1. The first-order valence-corrected chi connectivity index (χ1v) is 11.6. The molecule has 1 fully saturated rings. The van der Waals surface area contributed by atoms with Gasteiger partial charge in [-0.15, -0.1) is 11.3 Å². The third kappa shape index (κ3) is 4.51. The molecule has 9 heteroatoms. The molecule has 0 saturated carbocycles. The summed E-state index contributed by atoms with van der Waals surface area (Å²) in [5.74, 6) is 0.501. The van der Waals surface area contributed by atoms with E-state index in [0.717, 1.165) is 5.56 Å². The van der Waals surface area contributed by atoms with Crippen molar-refractivity contribution in [1.29, 1.82) is 0 Å². The maximum absolute atomic E-state index is 12.9. The third-order valence-electron chi connectivity index (χ3n) is 4.92. The maximum Gasteiger partial charge on any atom is 0.252 e. The van der Waals surface area contributed by atoms with E-state index in [9.17, 15) is 13.2 Å². The number of halogens is 1. The molecule has 0 spiro atoms. The maximum atomic E-state index is 12.9. The van der Waals surface area contributed by atoms with Crippen LogP contribution in [0.1, 0.15) is 18.4 Å². The highest BCUT2D eigenvalue weighted by molar-refractivity contribution is 7.91. The van der Waals surface area contributed by atoms with Crippen LogP contribution in [0.25, 0.3) is 0 Å². The lowest BCUT2D eigenvalue weighted by molar-refractivity contribution is -0.135. The van der Waals surface area contributed by atoms with Gasteiger partial charge in [-0.2, -0.15) is 4.31 Å². The molecule has 0 bridgehead atoms. The lowest BCUT2D eigenvalue weighted by atomic mass is 9.96. The molecule has 6 nitrogen and oxygen atoms in total. The fraction of sp³-hybridized carbons (Fsp3) is 0.421. The number of benzene rings is 1. The van der Waals surface area contributed by atoms with Gasteiger partial charge in [0.05, 0.1) is 7.11 Å². The first kappa shape index (κ1) is 21.1. The Morgan fingerprint density at radius 3 is 2.64 bits per heavy atom. The Kier molecular flexibility index (Phi) is 6.65. The van der Waals surface area contributed by atoms with Crippen LogP contribution in [0.4, 0.5) is 0 Å². The van der Waals surface area contributed by atoms with Gasteiger partial charge in [-0.05, 0) is 42.5 Å². The molecule has 1 aromatic carbocycles. The van der Waals surface area contributed by atoms with Gasteiger partial charge in [0.15, 0.2) is 0 Å². The van der Waals surface area contributed by atoms with Crippen LogP contribution in [0.15, 0.2) is 39.9 Å². The van der Waals surface area contributed by atoms with Gasteiger partial charge in [-0.3, -0.25) is 4.79 Å². The Morgan fingerprint density at radius 2 is 2.04 bits per heavy atom. The highest BCUT2D eigenvalue weighted by atomic mass is 35.5. The fourth-order valence-corrected chi connectivity index (χ4v) is 6.21. The summed E-state index contributed by atoms with van der Waals surface area (Å²) in [6, 6.07) is 8.66. The van der Waals surface area contributed by atoms with Crippen LogP contribution in [-0.4, -0.2) is 50.8 Å². The van der Waals surface area contributed by atoms with Gasteiger partial charge in [-0.25, -0.2) is 8.42 Å². The minimum atomic E-state index is -3.45. The van der Waals surface area contributed by atoms with Crippen molar-refractivity contribution in [2.24, 2.45) is 5.92 Å². The lowest BCUT2D eigenvalue weighted by Gasteiger charge is -2.32. The van der Waals surface area contributed by atoms with Crippen molar-refractivity contribution in [2.45, 2.75) is 23.6 Å². The number of rotatable bonds is 6. The SMILES string of the molecule is COc1ccc(Cl)cc1CN(C)C(=O)C1CCN(S(=O)(=O)c2cccs2)CC1. The highest BCUT2D eigenvalue weighted by Gasteiger charge is 2.33. The minimum absolute atomic E-state index is 0.00944.